The van der Waals surface area contributed by atoms with Gasteiger partial charge in [-0.05, 0) is 35.7 Å². The Balaban J connectivity index is 1.60. The molecule has 0 saturated heterocycles. The van der Waals surface area contributed by atoms with E-state index in [0.29, 0.717) is 76.0 Å². The van der Waals surface area contributed by atoms with Crippen LogP contribution in [0.5, 0.6) is 23.0 Å². The van der Waals surface area contributed by atoms with Crippen molar-refractivity contribution in [1.82, 2.24) is 0 Å². The lowest BCUT2D eigenvalue weighted by atomic mass is 10.0. The average molecular weight is 402 g/mol. The van der Waals surface area contributed by atoms with Crippen LogP contribution in [0, 0.1) is 0 Å². The highest BCUT2D eigenvalue weighted by molar-refractivity contribution is 5.44. The Morgan fingerprint density at radius 2 is 1.00 bits per heavy atom. The van der Waals surface area contributed by atoms with Crippen molar-refractivity contribution in [3.63, 3.8) is 0 Å². The van der Waals surface area contributed by atoms with E-state index in [1.165, 1.54) is 5.56 Å². The van der Waals surface area contributed by atoms with Crippen LogP contribution < -0.4 is 18.9 Å². The number of hydrogen-bond acceptors (Lipinski definition) is 6. The van der Waals surface area contributed by atoms with Gasteiger partial charge in [-0.15, -0.1) is 0 Å². The predicted octanol–water partition coefficient (Wildman–Crippen LogP) is 4.07. The van der Waals surface area contributed by atoms with Gasteiger partial charge in [0, 0.05) is 0 Å². The summed E-state index contributed by atoms with van der Waals surface area (Å²) in [7, 11) is 0. The van der Waals surface area contributed by atoms with Crippen LogP contribution in [-0.4, -0.2) is 52.9 Å². The van der Waals surface area contributed by atoms with E-state index in [0.717, 1.165) is 5.75 Å². The minimum atomic E-state index is 0.413. The molecule has 1 heterocycles. The lowest BCUT2D eigenvalue weighted by Gasteiger charge is -2.16. The molecule has 0 amide bonds. The van der Waals surface area contributed by atoms with Crippen molar-refractivity contribution < 1.29 is 28.4 Å². The van der Waals surface area contributed by atoms with E-state index in [-0.39, 0.29) is 0 Å². The van der Waals surface area contributed by atoms with E-state index in [1.807, 2.05) is 36.4 Å². The first-order valence-corrected chi connectivity index (χ1v) is 10.1. The molecule has 0 radical (unpaired) electrons. The maximum Gasteiger partial charge on any atom is 0.161 e. The molecular formula is C23H30O6. The predicted molar refractivity (Wildman–Crippen MR) is 111 cm³/mol. The zero-order chi connectivity index (χ0) is 20.3. The van der Waals surface area contributed by atoms with Gasteiger partial charge in [-0.3, -0.25) is 0 Å². The molecule has 0 fully saturated rings. The summed E-state index contributed by atoms with van der Waals surface area (Å²) < 4.78 is 34.6. The Kier molecular flexibility index (Phi) is 8.46. The van der Waals surface area contributed by atoms with Crippen LogP contribution >= 0.6 is 0 Å². The maximum absolute atomic E-state index is 5.93. The van der Waals surface area contributed by atoms with Gasteiger partial charge in [-0.2, -0.15) is 0 Å². The van der Waals surface area contributed by atoms with Crippen molar-refractivity contribution in [3.8, 4) is 23.0 Å². The van der Waals surface area contributed by atoms with Gasteiger partial charge in [0.1, 0.15) is 26.4 Å². The summed E-state index contributed by atoms with van der Waals surface area (Å²) in [5, 5.41) is 0. The van der Waals surface area contributed by atoms with Crippen LogP contribution in [0.3, 0.4) is 0 Å². The first-order valence-electron chi connectivity index (χ1n) is 10.1. The van der Waals surface area contributed by atoms with Crippen LogP contribution in [0.15, 0.2) is 42.5 Å². The summed E-state index contributed by atoms with van der Waals surface area (Å²) in [6.45, 7) is 7.93. The molecule has 3 rings (SSSR count). The van der Waals surface area contributed by atoms with E-state index in [9.17, 15) is 0 Å². The van der Waals surface area contributed by atoms with E-state index < -0.39 is 0 Å². The molecule has 2 aromatic rings. The van der Waals surface area contributed by atoms with Gasteiger partial charge in [0.05, 0.1) is 26.4 Å². The summed E-state index contributed by atoms with van der Waals surface area (Å²) in [4.78, 5) is 0. The first-order chi connectivity index (χ1) is 14.2. The molecule has 1 aliphatic heterocycles. The molecule has 0 unspecified atom stereocenters. The lowest BCUT2D eigenvalue weighted by molar-refractivity contribution is 0.0640. The molecular weight excluding hydrogens is 372 g/mol. The first kappa shape index (κ1) is 21.3. The molecule has 0 saturated carbocycles. The smallest absolute Gasteiger partial charge is 0.161 e. The summed E-state index contributed by atoms with van der Waals surface area (Å²) >= 11 is 0. The third-order valence-electron chi connectivity index (χ3n) is 4.42. The lowest BCUT2D eigenvalue weighted by Crippen LogP contribution is -2.15. The molecule has 0 N–H and O–H groups in total. The van der Waals surface area contributed by atoms with Crippen molar-refractivity contribution in [2.75, 3.05) is 52.9 Å². The van der Waals surface area contributed by atoms with Gasteiger partial charge in [0.25, 0.3) is 0 Å². The zero-order valence-corrected chi connectivity index (χ0v) is 17.2. The standard InChI is InChI=1S/C23H30O6/c1-18(2)19-7-8-22-23(17-19)29-16-12-25-10-14-27-21-6-4-3-5-20(21)26-13-9-24-11-15-28-22/h3-8,17-18H,9-16H2,1-2H3. The van der Waals surface area contributed by atoms with Crippen LogP contribution in [0.4, 0.5) is 0 Å². The van der Waals surface area contributed by atoms with Gasteiger partial charge in [-0.25, -0.2) is 0 Å². The molecule has 6 nitrogen and oxygen atoms in total. The molecule has 0 spiro atoms. The van der Waals surface area contributed by atoms with Gasteiger partial charge in [0.2, 0.25) is 0 Å². The number of hydrogen-bond donors (Lipinski definition) is 0. The molecule has 0 aliphatic carbocycles. The molecule has 0 bridgehead atoms. The largest absolute Gasteiger partial charge is 0.487 e. The van der Waals surface area contributed by atoms with Crippen molar-refractivity contribution in [2.45, 2.75) is 19.8 Å². The van der Waals surface area contributed by atoms with Crippen LogP contribution in [-0.2, 0) is 9.47 Å². The van der Waals surface area contributed by atoms with Crippen molar-refractivity contribution in [3.05, 3.63) is 48.0 Å². The highest BCUT2D eigenvalue weighted by Crippen LogP contribution is 2.31. The number of ether oxygens (including phenoxy) is 6. The van der Waals surface area contributed by atoms with Gasteiger partial charge in [-0.1, -0.05) is 32.0 Å². The van der Waals surface area contributed by atoms with Crippen molar-refractivity contribution in [2.24, 2.45) is 0 Å². The fourth-order valence-corrected chi connectivity index (χ4v) is 2.85. The highest BCUT2D eigenvalue weighted by Gasteiger charge is 2.10. The molecule has 29 heavy (non-hydrogen) atoms. The molecule has 0 aromatic heterocycles. The SMILES string of the molecule is CC(C)c1ccc2c(c1)OCCOCCOc1ccccc1OCCOCCO2. The van der Waals surface area contributed by atoms with E-state index >= 15 is 0 Å². The van der Waals surface area contributed by atoms with Crippen LogP contribution in [0.1, 0.15) is 25.3 Å². The second-order valence-electron chi connectivity index (χ2n) is 6.93. The van der Waals surface area contributed by atoms with Crippen molar-refractivity contribution in [1.29, 1.82) is 0 Å². The number of benzene rings is 2. The van der Waals surface area contributed by atoms with Gasteiger partial charge >= 0.3 is 0 Å². The minimum Gasteiger partial charge on any atom is -0.487 e. The number of rotatable bonds is 1. The third-order valence-corrected chi connectivity index (χ3v) is 4.42. The normalized spacial score (nSPS) is 16.7. The Bertz CT molecular complexity index is 746. The second-order valence-corrected chi connectivity index (χ2v) is 6.93. The van der Waals surface area contributed by atoms with E-state index in [1.54, 1.807) is 0 Å². The Hall–Kier alpha value is -2.44. The topological polar surface area (TPSA) is 55.4 Å². The molecule has 1 aliphatic rings. The average Bonchev–Trinajstić information content (AvgIpc) is 2.73. The minimum absolute atomic E-state index is 0.413. The van der Waals surface area contributed by atoms with Crippen LogP contribution in [0.25, 0.3) is 0 Å². The summed E-state index contributed by atoms with van der Waals surface area (Å²) in [6, 6.07) is 13.7. The fraction of sp³-hybridized carbons (Fsp3) is 0.478. The molecule has 6 heteroatoms. The fourth-order valence-electron chi connectivity index (χ4n) is 2.85. The highest BCUT2D eigenvalue weighted by atomic mass is 16.6. The van der Waals surface area contributed by atoms with Gasteiger partial charge in [0.15, 0.2) is 23.0 Å². The molecule has 158 valence electrons. The quantitative estimate of drug-likeness (QED) is 0.717. The summed E-state index contributed by atoms with van der Waals surface area (Å²) in [5.41, 5.74) is 1.20. The molecule has 2 aromatic carbocycles. The van der Waals surface area contributed by atoms with Crippen molar-refractivity contribution >= 4 is 0 Å². The van der Waals surface area contributed by atoms with E-state index in [2.05, 4.69) is 19.9 Å². The summed E-state index contributed by atoms with van der Waals surface area (Å²) in [5.74, 6) is 3.26. The Morgan fingerprint density at radius 1 is 0.552 bits per heavy atom. The maximum atomic E-state index is 5.93. The molecule has 0 atom stereocenters. The second kappa shape index (κ2) is 11.5. The Morgan fingerprint density at radius 3 is 1.48 bits per heavy atom. The number of para-hydroxylation sites is 2. The number of fused-ring (bicyclic) bond motifs is 2. The Labute approximate surface area is 172 Å². The monoisotopic (exact) mass is 402 g/mol. The van der Waals surface area contributed by atoms with Gasteiger partial charge < -0.3 is 28.4 Å². The van der Waals surface area contributed by atoms with Crippen LogP contribution in [0.2, 0.25) is 0 Å². The summed E-state index contributed by atoms with van der Waals surface area (Å²) in [6.07, 6.45) is 0. The third kappa shape index (κ3) is 6.84. The van der Waals surface area contributed by atoms with E-state index in [4.69, 9.17) is 28.4 Å². The zero-order valence-electron chi connectivity index (χ0n) is 17.2.